The predicted octanol–water partition coefficient (Wildman–Crippen LogP) is 8.97. The predicted molar refractivity (Wildman–Crippen MR) is 149 cm³/mol. The Balaban J connectivity index is 1.34. The lowest BCUT2D eigenvalue weighted by Gasteiger charge is -2.06. The number of hydrogen-bond donors (Lipinski definition) is 0. The van der Waals surface area contributed by atoms with E-state index in [1.807, 2.05) is 48.5 Å². The Labute approximate surface area is 213 Å². The second-order valence-electron chi connectivity index (χ2n) is 9.30. The van der Waals surface area contributed by atoms with E-state index in [0.717, 1.165) is 65.7 Å². The summed E-state index contributed by atoms with van der Waals surface area (Å²) in [5.41, 5.74) is 7.53. The van der Waals surface area contributed by atoms with E-state index in [9.17, 15) is 10.5 Å². The van der Waals surface area contributed by atoms with Crippen LogP contribution in [0, 0.1) is 22.7 Å². The number of hydrogen-bond acceptors (Lipinski definition) is 3. The van der Waals surface area contributed by atoms with Gasteiger partial charge >= 0.3 is 0 Å². The van der Waals surface area contributed by atoms with Crippen LogP contribution in [0.1, 0.15) is 11.1 Å². The van der Waals surface area contributed by atoms with Crippen LogP contribution in [-0.4, -0.2) is 0 Å². The van der Waals surface area contributed by atoms with E-state index in [4.69, 9.17) is 4.42 Å². The summed E-state index contributed by atoms with van der Waals surface area (Å²) < 4.78 is 6.16. The molecule has 0 amide bonds. The second-order valence-corrected chi connectivity index (χ2v) is 9.30. The van der Waals surface area contributed by atoms with Gasteiger partial charge in [0.05, 0.1) is 23.3 Å². The van der Waals surface area contributed by atoms with Crippen LogP contribution in [0.2, 0.25) is 0 Å². The van der Waals surface area contributed by atoms with Gasteiger partial charge in [0, 0.05) is 10.8 Å². The average Bonchev–Trinajstić information content (AvgIpc) is 3.33. The van der Waals surface area contributed by atoms with Crippen molar-refractivity contribution in [1.82, 2.24) is 0 Å². The van der Waals surface area contributed by atoms with Crippen molar-refractivity contribution in [3.05, 3.63) is 120 Å². The van der Waals surface area contributed by atoms with Crippen molar-refractivity contribution >= 4 is 43.5 Å². The molecule has 6 aromatic carbocycles. The van der Waals surface area contributed by atoms with E-state index < -0.39 is 0 Å². The summed E-state index contributed by atoms with van der Waals surface area (Å²) in [7, 11) is 0. The van der Waals surface area contributed by atoms with E-state index in [2.05, 4.69) is 72.8 Å². The van der Waals surface area contributed by atoms with Crippen LogP contribution >= 0.6 is 0 Å². The Morgan fingerprint density at radius 3 is 1.24 bits per heavy atom. The molecule has 170 valence electrons. The Morgan fingerprint density at radius 2 is 0.784 bits per heavy atom. The van der Waals surface area contributed by atoms with Crippen LogP contribution in [0.4, 0.5) is 0 Å². The average molecular weight is 471 g/mol. The van der Waals surface area contributed by atoms with Gasteiger partial charge in [-0.25, -0.2) is 0 Å². The topological polar surface area (TPSA) is 60.7 Å². The van der Waals surface area contributed by atoms with E-state index in [1.54, 1.807) is 0 Å². The molecule has 0 radical (unpaired) electrons. The number of fused-ring (bicyclic) bond motifs is 5. The van der Waals surface area contributed by atoms with Gasteiger partial charge in [-0.3, -0.25) is 0 Å². The summed E-state index contributed by atoms with van der Waals surface area (Å²) in [6.45, 7) is 0. The number of benzene rings is 6. The summed E-state index contributed by atoms with van der Waals surface area (Å²) in [4.78, 5) is 0. The molecule has 0 aliphatic carbocycles. The fourth-order valence-corrected chi connectivity index (χ4v) is 5.13. The standard InChI is InChI=1S/C34H18N2O/c35-19-21-1-3-25-15-27(7-5-23(25)13-21)29-9-11-33-31(17-29)32-18-30(10-12-34(32)37-33)28-8-6-24-14-22(20-36)2-4-26(24)16-28/h1-18H. The smallest absolute Gasteiger partial charge is 0.135 e. The maximum Gasteiger partial charge on any atom is 0.135 e. The van der Waals surface area contributed by atoms with Crippen LogP contribution in [0.25, 0.3) is 65.7 Å². The zero-order chi connectivity index (χ0) is 24.9. The van der Waals surface area contributed by atoms with Gasteiger partial charge in [0.25, 0.3) is 0 Å². The first kappa shape index (κ1) is 20.9. The molecule has 3 heteroatoms. The molecular weight excluding hydrogens is 452 g/mol. The minimum Gasteiger partial charge on any atom is -0.456 e. The van der Waals surface area contributed by atoms with E-state index in [-0.39, 0.29) is 0 Å². The number of furan rings is 1. The van der Waals surface area contributed by atoms with Crippen molar-refractivity contribution in [3.63, 3.8) is 0 Å². The first-order valence-corrected chi connectivity index (χ1v) is 12.0. The Hall–Kier alpha value is -5.38. The van der Waals surface area contributed by atoms with Gasteiger partial charge in [-0.05, 0) is 104 Å². The molecule has 7 aromatic rings. The maximum absolute atomic E-state index is 9.19. The zero-order valence-electron chi connectivity index (χ0n) is 19.7. The van der Waals surface area contributed by atoms with Gasteiger partial charge in [-0.2, -0.15) is 10.5 Å². The van der Waals surface area contributed by atoms with Crippen molar-refractivity contribution in [2.75, 3.05) is 0 Å². The Bertz CT molecular complexity index is 1970. The summed E-state index contributed by atoms with van der Waals surface area (Å²) in [6, 6.07) is 41.3. The minimum atomic E-state index is 0.667. The third kappa shape index (κ3) is 3.50. The lowest BCUT2D eigenvalue weighted by molar-refractivity contribution is 0.669. The summed E-state index contributed by atoms with van der Waals surface area (Å²) >= 11 is 0. The van der Waals surface area contributed by atoms with Gasteiger partial charge < -0.3 is 4.42 Å². The summed E-state index contributed by atoms with van der Waals surface area (Å²) in [5, 5.41) is 24.9. The lowest BCUT2D eigenvalue weighted by atomic mass is 9.97. The molecule has 0 spiro atoms. The molecule has 0 fully saturated rings. The third-order valence-corrected chi connectivity index (χ3v) is 7.07. The zero-order valence-corrected chi connectivity index (χ0v) is 19.7. The Kier molecular flexibility index (Phi) is 4.58. The fourth-order valence-electron chi connectivity index (χ4n) is 5.13. The molecule has 0 aliphatic heterocycles. The molecule has 7 rings (SSSR count). The molecule has 0 atom stereocenters. The normalized spacial score (nSPS) is 11.2. The lowest BCUT2D eigenvalue weighted by Crippen LogP contribution is -1.82. The summed E-state index contributed by atoms with van der Waals surface area (Å²) in [5.74, 6) is 0. The van der Waals surface area contributed by atoms with Crippen molar-refractivity contribution in [3.8, 4) is 34.4 Å². The molecule has 1 heterocycles. The minimum absolute atomic E-state index is 0.667. The van der Waals surface area contributed by atoms with E-state index in [0.29, 0.717) is 11.1 Å². The summed E-state index contributed by atoms with van der Waals surface area (Å²) in [6.07, 6.45) is 0. The molecular formula is C34H18N2O. The van der Waals surface area contributed by atoms with Crippen LogP contribution in [0.5, 0.6) is 0 Å². The second kappa shape index (κ2) is 8.09. The third-order valence-electron chi connectivity index (χ3n) is 7.07. The highest BCUT2D eigenvalue weighted by molar-refractivity contribution is 6.08. The highest BCUT2D eigenvalue weighted by atomic mass is 16.3. The number of nitrogens with zero attached hydrogens (tertiary/aromatic N) is 2. The van der Waals surface area contributed by atoms with E-state index in [1.165, 1.54) is 0 Å². The van der Waals surface area contributed by atoms with Crippen molar-refractivity contribution in [2.24, 2.45) is 0 Å². The van der Waals surface area contributed by atoms with Crippen LogP contribution in [0.15, 0.2) is 114 Å². The molecule has 0 N–H and O–H groups in total. The number of nitriles is 2. The number of rotatable bonds is 2. The monoisotopic (exact) mass is 470 g/mol. The van der Waals surface area contributed by atoms with Crippen LogP contribution in [-0.2, 0) is 0 Å². The Morgan fingerprint density at radius 1 is 0.405 bits per heavy atom. The van der Waals surface area contributed by atoms with Crippen molar-refractivity contribution < 1.29 is 4.42 Å². The molecule has 3 nitrogen and oxygen atoms in total. The molecule has 37 heavy (non-hydrogen) atoms. The van der Waals surface area contributed by atoms with E-state index >= 15 is 0 Å². The van der Waals surface area contributed by atoms with Crippen molar-refractivity contribution in [1.29, 1.82) is 10.5 Å². The first-order chi connectivity index (χ1) is 18.2. The molecule has 0 saturated carbocycles. The largest absolute Gasteiger partial charge is 0.456 e. The molecule has 0 bridgehead atoms. The fraction of sp³-hybridized carbons (Fsp3) is 0. The first-order valence-electron chi connectivity index (χ1n) is 12.0. The van der Waals surface area contributed by atoms with Gasteiger partial charge in [0.15, 0.2) is 0 Å². The molecule has 0 saturated heterocycles. The van der Waals surface area contributed by atoms with Crippen LogP contribution < -0.4 is 0 Å². The van der Waals surface area contributed by atoms with Gasteiger partial charge in [-0.1, -0.05) is 48.5 Å². The van der Waals surface area contributed by atoms with Gasteiger partial charge in [0.1, 0.15) is 11.2 Å². The van der Waals surface area contributed by atoms with Gasteiger partial charge in [0.2, 0.25) is 0 Å². The SMILES string of the molecule is N#Cc1ccc2cc(-c3ccc4oc5ccc(-c6ccc7cc(C#N)ccc7c6)cc5c4c3)ccc2c1. The van der Waals surface area contributed by atoms with Crippen LogP contribution in [0.3, 0.4) is 0 Å². The van der Waals surface area contributed by atoms with Gasteiger partial charge in [-0.15, -0.1) is 0 Å². The molecule has 0 aliphatic rings. The quantitative estimate of drug-likeness (QED) is 0.253. The molecule has 1 aromatic heterocycles. The highest BCUT2D eigenvalue weighted by Crippen LogP contribution is 2.36. The molecule has 0 unspecified atom stereocenters. The highest BCUT2D eigenvalue weighted by Gasteiger charge is 2.11. The maximum atomic E-state index is 9.19. The van der Waals surface area contributed by atoms with Crippen molar-refractivity contribution in [2.45, 2.75) is 0 Å².